The van der Waals surface area contributed by atoms with Gasteiger partial charge in [0.15, 0.2) is 0 Å². The van der Waals surface area contributed by atoms with Gasteiger partial charge >= 0.3 is 5.00 Å². The molecular weight excluding hydrogens is 362 g/mol. The Labute approximate surface area is 155 Å². The number of hydrogen-bond acceptors (Lipinski definition) is 6. The number of nitrogens with zero attached hydrogens (tertiary/aromatic N) is 2. The van der Waals surface area contributed by atoms with E-state index in [0.29, 0.717) is 13.1 Å². The average Bonchev–Trinajstić information content (AvgIpc) is 3.10. The van der Waals surface area contributed by atoms with Crippen LogP contribution < -0.4 is 5.32 Å². The van der Waals surface area contributed by atoms with Crippen molar-refractivity contribution in [2.45, 2.75) is 12.6 Å². The van der Waals surface area contributed by atoms with Gasteiger partial charge in [0, 0.05) is 48.7 Å². The van der Waals surface area contributed by atoms with Gasteiger partial charge in [-0.3, -0.25) is 15.0 Å². The van der Waals surface area contributed by atoms with Gasteiger partial charge in [-0.25, -0.2) is 0 Å². The van der Waals surface area contributed by atoms with Crippen molar-refractivity contribution >= 4 is 27.9 Å². The van der Waals surface area contributed by atoms with Gasteiger partial charge in [0.05, 0.1) is 18.1 Å². The number of morpholine rings is 1. The van der Waals surface area contributed by atoms with Crippen LogP contribution in [0.15, 0.2) is 35.7 Å². The summed E-state index contributed by atoms with van der Waals surface area (Å²) in [4.78, 5) is 12.8. The predicted octanol–water partition coefficient (Wildman–Crippen LogP) is 3.47. The molecule has 3 rings (SSSR count). The molecule has 0 radical (unpaired) electrons. The summed E-state index contributed by atoms with van der Waals surface area (Å²) in [6.07, 6.45) is 0. The van der Waals surface area contributed by atoms with Crippen molar-refractivity contribution in [3.63, 3.8) is 0 Å². The molecule has 0 aliphatic carbocycles. The van der Waals surface area contributed by atoms with Crippen molar-refractivity contribution in [1.82, 2.24) is 10.2 Å². The molecule has 1 aliphatic heterocycles. The molecule has 134 valence electrons. The second kappa shape index (κ2) is 8.73. The van der Waals surface area contributed by atoms with Crippen LogP contribution in [0.3, 0.4) is 0 Å². The number of rotatable bonds is 7. The Morgan fingerprint density at radius 2 is 2.12 bits per heavy atom. The number of ether oxygens (including phenoxy) is 1. The van der Waals surface area contributed by atoms with Gasteiger partial charge in [0.2, 0.25) is 0 Å². The van der Waals surface area contributed by atoms with Crippen molar-refractivity contribution in [1.29, 1.82) is 0 Å². The fourth-order valence-electron chi connectivity index (χ4n) is 2.97. The first kappa shape index (κ1) is 18.3. The number of thiophene rings is 1. The Morgan fingerprint density at radius 1 is 1.36 bits per heavy atom. The lowest BCUT2D eigenvalue weighted by Crippen LogP contribution is -2.42. The fourth-order valence-corrected chi connectivity index (χ4v) is 3.97. The zero-order chi connectivity index (χ0) is 17.6. The van der Waals surface area contributed by atoms with E-state index in [-0.39, 0.29) is 16.0 Å². The molecule has 0 saturated carbocycles. The molecule has 0 bridgehead atoms. The number of nitro groups is 1. The topological polar surface area (TPSA) is 67.6 Å². The number of benzene rings is 1. The van der Waals surface area contributed by atoms with E-state index in [4.69, 9.17) is 16.3 Å². The molecule has 1 aromatic heterocycles. The summed E-state index contributed by atoms with van der Waals surface area (Å²) >= 11 is 7.57. The monoisotopic (exact) mass is 381 g/mol. The highest BCUT2D eigenvalue weighted by Gasteiger charge is 2.24. The molecule has 1 unspecified atom stereocenters. The lowest BCUT2D eigenvalue weighted by Gasteiger charge is -2.35. The molecule has 1 atom stereocenters. The second-order valence-electron chi connectivity index (χ2n) is 5.87. The number of halogens is 1. The van der Waals surface area contributed by atoms with Crippen LogP contribution in [0.5, 0.6) is 0 Å². The summed E-state index contributed by atoms with van der Waals surface area (Å²) in [5, 5.41) is 17.0. The maximum atomic E-state index is 10.8. The fraction of sp³-hybridized carbons (Fsp3) is 0.412. The first-order valence-electron chi connectivity index (χ1n) is 8.14. The molecule has 2 aromatic rings. The third kappa shape index (κ3) is 4.77. The highest BCUT2D eigenvalue weighted by atomic mass is 35.5. The standard InChI is InChI=1S/C17H20ClN3O3S/c18-15-4-2-1-3-14(15)16(20-5-7-24-8-6-20)11-19-10-13-9-17(21(22)23)25-12-13/h1-4,9,12,16,19H,5-8,10-11H2. The van der Waals surface area contributed by atoms with Crippen molar-refractivity contribution in [2.24, 2.45) is 0 Å². The minimum atomic E-state index is -0.353. The predicted molar refractivity (Wildman–Crippen MR) is 99.3 cm³/mol. The highest BCUT2D eigenvalue weighted by Crippen LogP contribution is 2.28. The Balaban J connectivity index is 1.67. The van der Waals surface area contributed by atoms with E-state index in [2.05, 4.69) is 16.3 Å². The second-order valence-corrected chi connectivity index (χ2v) is 7.16. The maximum absolute atomic E-state index is 10.8. The third-order valence-corrected chi connectivity index (χ3v) is 5.51. The molecule has 1 saturated heterocycles. The molecule has 2 heterocycles. The van der Waals surface area contributed by atoms with Gasteiger partial charge in [0.1, 0.15) is 0 Å². The van der Waals surface area contributed by atoms with Crippen LogP contribution >= 0.6 is 22.9 Å². The zero-order valence-corrected chi connectivity index (χ0v) is 15.3. The SMILES string of the molecule is O=[N+]([O-])c1cc(CNCC(c2ccccc2Cl)N2CCOCC2)cs1. The third-order valence-electron chi connectivity index (χ3n) is 4.24. The van der Waals surface area contributed by atoms with E-state index < -0.39 is 0 Å². The van der Waals surface area contributed by atoms with E-state index in [9.17, 15) is 10.1 Å². The molecule has 25 heavy (non-hydrogen) atoms. The summed E-state index contributed by atoms with van der Waals surface area (Å²) in [5.41, 5.74) is 2.02. The minimum absolute atomic E-state index is 0.145. The van der Waals surface area contributed by atoms with E-state index in [1.54, 1.807) is 6.07 Å². The van der Waals surface area contributed by atoms with Crippen LogP contribution in [0.2, 0.25) is 5.02 Å². The molecule has 0 spiro atoms. The highest BCUT2D eigenvalue weighted by molar-refractivity contribution is 7.13. The normalized spacial score (nSPS) is 16.7. The van der Waals surface area contributed by atoms with Gasteiger partial charge in [0.25, 0.3) is 0 Å². The van der Waals surface area contributed by atoms with Gasteiger partial charge in [-0.1, -0.05) is 41.1 Å². The van der Waals surface area contributed by atoms with E-state index in [1.807, 2.05) is 23.6 Å². The van der Waals surface area contributed by atoms with Crippen LogP contribution in [0.25, 0.3) is 0 Å². The molecule has 1 N–H and O–H groups in total. The average molecular weight is 382 g/mol. The van der Waals surface area contributed by atoms with E-state index >= 15 is 0 Å². The Hall–Kier alpha value is -1.51. The van der Waals surface area contributed by atoms with E-state index in [1.165, 1.54) is 0 Å². The van der Waals surface area contributed by atoms with E-state index in [0.717, 1.165) is 53.8 Å². The molecule has 1 aromatic carbocycles. The molecule has 6 nitrogen and oxygen atoms in total. The van der Waals surface area contributed by atoms with Gasteiger partial charge in [-0.05, 0) is 17.2 Å². The first-order chi connectivity index (χ1) is 12.1. The van der Waals surface area contributed by atoms with Crippen molar-refractivity contribution in [2.75, 3.05) is 32.8 Å². The molecule has 1 fully saturated rings. The summed E-state index contributed by atoms with van der Waals surface area (Å²) in [7, 11) is 0. The van der Waals surface area contributed by atoms with Crippen molar-refractivity contribution in [3.8, 4) is 0 Å². The summed E-state index contributed by atoms with van der Waals surface area (Å²) in [6.45, 7) is 4.47. The largest absolute Gasteiger partial charge is 0.379 e. The van der Waals surface area contributed by atoms with Gasteiger partial charge in [-0.2, -0.15) is 0 Å². The Kier molecular flexibility index (Phi) is 6.39. The van der Waals surface area contributed by atoms with Gasteiger partial charge in [-0.15, -0.1) is 0 Å². The molecule has 1 aliphatic rings. The zero-order valence-electron chi connectivity index (χ0n) is 13.7. The smallest absolute Gasteiger partial charge is 0.324 e. The van der Waals surface area contributed by atoms with Crippen LogP contribution in [0, 0.1) is 10.1 Å². The Bertz CT molecular complexity index is 719. The van der Waals surface area contributed by atoms with Crippen LogP contribution in [-0.2, 0) is 11.3 Å². The Morgan fingerprint density at radius 3 is 2.80 bits per heavy atom. The van der Waals surface area contributed by atoms with Crippen LogP contribution in [0.1, 0.15) is 17.2 Å². The van der Waals surface area contributed by atoms with Crippen LogP contribution in [0.4, 0.5) is 5.00 Å². The molecule has 0 amide bonds. The first-order valence-corrected chi connectivity index (χ1v) is 9.39. The van der Waals surface area contributed by atoms with Crippen LogP contribution in [-0.4, -0.2) is 42.7 Å². The summed E-state index contributed by atoms with van der Waals surface area (Å²) in [5.74, 6) is 0. The molecular formula is C17H20ClN3O3S. The number of hydrogen-bond donors (Lipinski definition) is 1. The summed E-state index contributed by atoms with van der Waals surface area (Å²) in [6, 6.07) is 9.66. The van der Waals surface area contributed by atoms with Crippen molar-refractivity contribution in [3.05, 3.63) is 62.0 Å². The lowest BCUT2D eigenvalue weighted by atomic mass is 10.0. The minimum Gasteiger partial charge on any atom is -0.379 e. The van der Waals surface area contributed by atoms with Crippen molar-refractivity contribution < 1.29 is 9.66 Å². The summed E-state index contributed by atoms with van der Waals surface area (Å²) < 4.78 is 5.46. The number of nitrogens with one attached hydrogen (secondary N) is 1. The van der Waals surface area contributed by atoms with Gasteiger partial charge < -0.3 is 10.1 Å². The molecule has 8 heteroatoms. The lowest BCUT2D eigenvalue weighted by molar-refractivity contribution is -0.380. The maximum Gasteiger partial charge on any atom is 0.324 e. The quantitative estimate of drug-likeness (QED) is 0.587.